The molecule has 0 aliphatic heterocycles. The molecule has 0 aliphatic rings. The number of anilines is 1. The van der Waals surface area contributed by atoms with E-state index >= 15 is 0 Å². The zero-order chi connectivity index (χ0) is 16.2. The Morgan fingerprint density at radius 3 is 2.62 bits per heavy atom. The first kappa shape index (κ1) is 17.7. The average Bonchev–Trinajstić information content (AvgIpc) is 2.36. The van der Waals surface area contributed by atoms with Crippen LogP contribution in [0.15, 0.2) is 18.2 Å². The predicted octanol–water partition coefficient (Wildman–Crippen LogP) is 3.25. The third-order valence-corrected chi connectivity index (χ3v) is 3.41. The Kier molecular flexibility index (Phi) is 5.98. The largest absolute Gasteiger partial charge is 0.465 e. The molecule has 0 saturated heterocycles. The van der Waals surface area contributed by atoms with Gasteiger partial charge in [0.1, 0.15) is 5.82 Å². The molecule has 21 heavy (non-hydrogen) atoms. The fourth-order valence-corrected chi connectivity index (χ4v) is 2.32. The fourth-order valence-electron chi connectivity index (χ4n) is 1.80. The van der Waals surface area contributed by atoms with Gasteiger partial charge in [0.25, 0.3) is 0 Å². The van der Waals surface area contributed by atoms with E-state index < -0.39 is 17.4 Å². The summed E-state index contributed by atoms with van der Waals surface area (Å²) in [6, 6.07) is 3.67. The van der Waals surface area contributed by atoms with Gasteiger partial charge in [-0.3, -0.25) is 4.79 Å². The van der Waals surface area contributed by atoms with E-state index in [4.69, 9.17) is 16.7 Å². The van der Waals surface area contributed by atoms with Crippen molar-refractivity contribution >= 4 is 45.2 Å². The molecule has 116 valence electrons. The zero-order valence-electron chi connectivity index (χ0n) is 11.5. The Morgan fingerprint density at radius 1 is 1.48 bits per heavy atom. The Morgan fingerprint density at radius 2 is 2.10 bits per heavy atom. The third kappa shape index (κ3) is 5.17. The van der Waals surface area contributed by atoms with Crippen LogP contribution in [0.4, 0.5) is 14.9 Å². The summed E-state index contributed by atoms with van der Waals surface area (Å²) in [5.74, 6) is -0.895. The second-order valence-electron chi connectivity index (χ2n) is 5.02. The van der Waals surface area contributed by atoms with Gasteiger partial charge in [-0.15, -0.1) is 0 Å². The molecule has 1 rings (SSSR count). The number of carbonyl (C=O) groups excluding carboxylic acids is 1. The number of carbonyl (C=O) groups is 2. The number of rotatable bonds is 5. The van der Waals surface area contributed by atoms with Crippen LogP contribution in [0.2, 0.25) is 5.02 Å². The van der Waals surface area contributed by atoms with Crippen molar-refractivity contribution in [3.05, 3.63) is 29.0 Å². The lowest BCUT2D eigenvalue weighted by Crippen LogP contribution is -2.53. The van der Waals surface area contributed by atoms with E-state index in [0.29, 0.717) is 0 Å². The topological polar surface area (TPSA) is 69.6 Å². The van der Waals surface area contributed by atoms with Gasteiger partial charge in [-0.2, -0.15) is 0 Å². The molecule has 2 amide bonds. The Bertz CT molecular complexity index is 554. The second kappa shape index (κ2) is 7.09. The number of nitrogens with one attached hydrogen (secondary N) is 1. The monoisotopic (exact) mass is 380 g/mol. The lowest BCUT2D eigenvalue weighted by Gasteiger charge is -2.33. The van der Waals surface area contributed by atoms with Crippen LogP contribution in [-0.2, 0) is 4.79 Å². The van der Waals surface area contributed by atoms with Gasteiger partial charge in [0, 0.05) is 6.54 Å². The molecule has 0 fully saturated rings. The van der Waals surface area contributed by atoms with Gasteiger partial charge in [0.05, 0.1) is 21.6 Å². The molecule has 1 aromatic carbocycles. The van der Waals surface area contributed by atoms with Crippen LogP contribution in [0, 0.1) is 5.82 Å². The lowest BCUT2D eigenvalue weighted by molar-refractivity contribution is -0.116. The summed E-state index contributed by atoms with van der Waals surface area (Å²) in [7, 11) is 0. The molecule has 1 aromatic rings. The van der Waals surface area contributed by atoms with Crippen LogP contribution in [0.3, 0.4) is 0 Å². The van der Waals surface area contributed by atoms with Gasteiger partial charge in [0.2, 0.25) is 5.91 Å². The molecule has 8 heteroatoms. The van der Waals surface area contributed by atoms with Crippen LogP contribution in [0.5, 0.6) is 0 Å². The number of halogens is 3. The predicted molar refractivity (Wildman–Crippen MR) is 82.8 cm³/mol. The van der Waals surface area contributed by atoms with E-state index in [-0.39, 0.29) is 28.5 Å². The van der Waals surface area contributed by atoms with Crippen LogP contribution in [0.25, 0.3) is 0 Å². The minimum absolute atomic E-state index is 0.00297. The molecule has 5 nitrogen and oxygen atoms in total. The molecule has 0 bridgehead atoms. The van der Waals surface area contributed by atoms with Gasteiger partial charge >= 0.3 is 6.09 Å². The lowest BCUT2D eigenvalue weighted by atomic mass is 10.0. The van der Waals surface area contributed by atoms with E-state index in [2.05, 4.69) is 21.2 Å². The summed E-state index contributed by atoms with van der Waals surface area (Å²) in [6.45, 7) is 3.23. The summed E-state index contributed by atoms with van der Waals surface area (Å²) >= 11 is 9.06. The molecule has 0 spiro atoms. The zero-order valence-corrected chi connectivity index (χ0v) is 13.8. The Balaban J connectivity index is 3.15. The fraction of sp³-hybridized carbons (Fsp3) is 0.385. The van der Waals surface area contributed by atoms with E-state index in [9.17, 15) is 14.0 Å². The van der Waals surface area contributed by atoms with Crippen molar-refractivity contribution in [1.29, 1.82) is 0 Å². The molecule has 0 saturated carbocycles. The summed E-state index contributed by atoms with van der Waals surface area (Å²) in [5.41, 5.74) is -0.736. The molecule has 0 unspecified atom stereocenters. The van der Waals surface area contributed by atoms with Crippen molar-refractivity contribution in [2.24, 2.45) is 0 Å². The minimum Gasteiger partial charge on any atom is -0.465 e. The molecule has 0 aromatic heterocycles. The number of benzene rings is 1. The molecular weight excluding hydrogens is 367 g/mol. The van der Waals surface area contributed by atoms with Gasteiger partial charge in [0.15, 0.2) is 0 Å². The van der Waals surface area contributed by atoms with Crippen molar-refractivity contribution in [1.82, 2.24) is 5.32 Å². The third-order valence-electron chi connectivity index (χ3n) is 2.61. The van der Waals surface area contributed by atoms with Crippen molar-refractivity contribution in [2.75, 3.05) is 16.8 Å². The van der Waals surface area contributed by atoms with Crippen LogP contribution >= 0.6 is 27.5 Å². The summed E-state index contributed by atoms with van der Waals surface area (Å²) in [5, 5.41) is 11.3. The normalized spacial score (nSPS) is 11.1. The van der Waals surface area contributed by atoms with E-state index in [1.54, 1.807) is 13.8 Å². The van der Waals surface area contributed by atoms with Gasteiger partial charge in [-0.1, -0.05) is 27.5 Å². The number of amides is 2. The van der Waals surface area contributed by atoms with Crippen LogP contribution in [0.1, 0.15) is 13.8 Å². The highest BCUT2D eigenvalue weighted by Gasteiger charge is 2.28. The smallest absolute Gasteiger partial charge is 0.405 e. The molecular formula is C13H15BrClFN2O3. The number of hydrogen-bond acceptors (Lipinski definition) is 2. The SMILES string of the molecule is CC(C)(CN(C(=O)CBr)c1cc(F)ccc1Cl)NC(=O)O. The molecule has 0 atom stereocenters. The van der Waals surface area contributed by atoms with Crippen molar-refractivity contribution in [3.8, 4) is 0 Å². The molecule has 0 heterocycles. The quantitative estimate of drug-likeness (QED) is 0.769. The summed E-state index contributed by atoms with van der Waals surface area (Å²) in [4.78, 5) is 24.1. The first-order valence-corrected chi connectivity index (χ1v) is 7.49. The Hall–Kier alpha value is -1.34. The number of alkyl halides is 1. The highest BCUT2D eigenvalue weighted by atomic mass is 79.9. The van der Waals surface area contributed by atoms with E-state index in [1.165, 1.54) is 17.0 Å². The van der Waals surface area contributed by atoms with Crippen molar-refractivity contribution < 1.29 is 19.1 Å². The Labute approximate surface area is 135 Å². The first-order chi connectivity index (χ1) is 9.66. The first-order valence-electron chi connectivity index (χ1n) is 5.99. The van der Waals surface area contributed by atoms with Gasteiger partial charge in [-0.05, 0) is 32.0 Å². The molecule has 0 aliphatic carbocycles. The van der Waals surface area contributed by atoms with Crippen molar-refractivity contribution in [3.63, 3.8) is 0 Å². The standard InChI is InChI=1S/C13H15BrClFN2O3/c1-13(2,17-12(20)21)7-18(11(19)6-14)10-5-8(16)3-4-9(10)15/h3-5,17H,6-7H2,1-2H3,(H,20,21). The maximum Gasteiger partial charge on any atom is 0.405 e. The van der Waals surface area contributed by atoms with Gasteiger partial charge in [-0.25, -0.2) is 9.18 Å². The van der Waals surface area contributed by atoms with E-state index in [0.717, 1.165) is 6.07 Å². The summed E-state index contributed by atoms with van der Waals surface area (Å²) in [6.07, 6.45) is -1.21. The van der Waals surface area contributed by atoms with Gasteiger partial charge < -0.3 is 15.3 Å². The highest BCUT2D eigenvalue weighted by Crippen LogP contribution is 2.28. The van der Waals surface area contributed by atoms with Crippen molar-refractivity contribution in [2.45, 2.75) is 19.4 Å². The number of hydrogen-bond donors (Lipinski definition) is 2. The van der Waals surface area contributed by atoms with Crippen LogP contribution < -0.4 is 10.2 Å². The maximum atomic E-state index is 13.4. The summed E-state index contributed by atoms with van der Waals surface area (Å²) < 4.78 is 13.4. The average molecular weight is 382 g/mol. The number of carboxylic acid groups (broad SMARTS) is 1. The minimum atomic E-state index is -1.21. The maximum absolute atomic E-state index is 13.4. The number of nitrogens with zero attached hydrogens (tertiary/aromatic N) is 1. The highest BCUT2D eigenvalue weighted by molar-refractivity contribution is 9.09. The van der Waals surface area contributed by atoms with Crippen LogP contribution in [-0.4, -0.2) is 34.5 Å². The molecule has 2 N–H and O–H groups in total. The molecule has 0 radical (unpaired) electrons. The second-order valence-corrected chi connectivity index (χ2v) is 5.99. The van der Waals surface area contributed by atoms with E-state index in [1.807, 2.05) is 0 Å².